The second kappa shape index (κ2) is 6.44. The van der Waals surface area contributed by atoms with Crippen molar-refractivity contribution in [2.45, 2.75) is 46.6 Å². The molecule has 0 saturated heterocycles. The number of likely N-dealkylation sites (N-methyl/N-ethyl adjacent to an activating group) is 1. The molecule has 2 rings (SSSR count). The van der Waals surface area contributed by atoms with Crippen LogP contribution in [0.3, 0.4) is 0 Å². The monoisotopic (exact) mass is 285 g/mol. The van der Waals surface area contributed by atoms with Gasteiger partial charge in [-0.2, -0.15) is 5.10 Å². The Morgan fingerprint density at radius 3 is 2.33 bits per heavy atom. The van der Waals surface area contributed by atoms with Gasteiger partial charge in [0.1, 0.15) is 0 Å². The van der Waals surface area contributed by atoms with Crippen molar-refractivity contribution in [3.8, 4) is 0 Å². The molecule has 2 aromatic rings. The van der Waals surface area contributed by atoms with E-state index < -0.39 is 0 Å². The normalized spacial score (nSPS) is 12.7. The fourth-order valence-electron chi connectivity index (χ4n) is 3.22. The van der Waals surface area contributed by atoms with Crippen LogP contribution in [0.2, 0.25) is 0 Å². The summed E-state index contributed by atoms with van der Waals surface area (Å²) in [6.45, 7) is 8.76. The van der Waals surface area contributed by atoms with E-state index in [1.165, 1.54) is 33.5 Å². The molecule has 0 fully saturated rings. The van der Waals surface area contributed by atoms with Crippen LogP contribution in [0.25, 0.3) is 0 Å². The molecule has 0 bridgehead atoms. The molecule has 0 aliphatic rings. The number of hydrogen-bond acceptors (Lipinski definition) is 2. The Morgan fingerprint density at radius 1 is 1.19 bits per heavy atom. The van der Waals surface area contributed by atoms with Gasteiger partial charge in [0.05, 0.1) is 5.69 Å². The standard InChI is InChI=1S/C18H27N3/c1-7-17-16(11-21(6)20-17)18(19-5)10-15-13(3)8-12(2)9-14(15)4/h8-9,11,18-19H,7,10H2,1-6H3. The molecule has 0 radical (unpaired) electrons. The van der Waals surface area contributed by atoms with Gasteiger partial charge < -0.3 is 5.32 Å². The van der Waals surface area contributed by atoms with Crippen molar-refractivity contribution in [1.29, 1.82) is 0 Å². The summed E-state index contributed by atoms with van der Waals surface area (Å²) in [5, 5.41) is 8.05. The first-order valence-corrected chi connectivity index (χ1v) is 7.72. The number of aryl methyl sites for hydroxylation is 5. The maximum Gasteiger partial charge on any atom is 0.0669 e. The molecule has 0 spiro atoms. The van der Waals surface area contributed by atoms with Crippen LogP contribution in [0.5, 0.6) is 0 Å². The van der Waals surface area contributed by atoms with Crippen molar-refractivity contribution in [1.82, 2.24) is 15.1 Å². The second-order valence-corrected chi connectivity index (χ2v) is 5.98. The van der Waals surface area contributed by atoms with Gasteiger partial charge in [0.15, 0.2) is 0 Å². The van der Waals surface area contributed by atoms with Gasteiger partial charge in [0.2, 0.25) is 0 Å². The highest BCUT2D eigenvalue weighted by Crippen LogP contribution is 2.25. The average Bonchev–Trinajstić information content (AvgIpc) is 2.79. The van der Waals surface area contributed by atoms with Gasteiger partial charge in [-0.25, -0.2) is 0 Å². The predicted molar refractivity (Wildman–Crippen MR) is 88.7 cm³/mol. The van der Waals surface area contributed by atoms with Crippen molar-refractivity contribution in [3.63, 3.8) is 0 Å². The Hall–Kier alpha value is -1.61. The number of nitrogens with zero attached hydrogens (tertiary/aromatic N) is 2. The molecule has 3 heteroatoms. The Bertz CT molecular complexity index is 602. The van der Waals surface area contributed by atoms with Crippen LogP contribution >= 0.6 is 0 Å². The molecule has 1 atom stereocenters. The lowest BCUT2D eigenvalue weighted by Gasteiger charge is -2.19. The first kappa shape index (κ1) is 15.8. The van der Waals surface area contributed by atoms with Crippen molar-refractivity contribution in [3.05, 3.63) is 51.8 Å². The topological polar surface area (TPSA) is 29.9 Å². The quantitative estimate of drug-likeness (QED) is 0.912. The molecular weight excluding hydrogens is 258 g/mol. The molecule has 1 unspecified atom stereocenters. The SMILES string of the molecule is CCc1nn(C)cc1C(Cc1c(C)cc(C)cc1C)NC. The molecule has 0 saturated carbocycles. The van der Waals surface area contributed by atoms with Crippen LogP contribution in [-0.2, 0) is 19.9 Å². The number of nitrogens with one attached hydrogen (secondary N) is 1. The van der Waals surface area contributed by atoms with Crippen LogP contribution in [0.1, 0.15) is 46.5 Å². The van der Waals surface area contributed by atoms with E-state index >= 15 is 0 Å². The maximum absolute atomic E-state index is 4.58. The Balaban J connectivity index is 2.35. The highest BCUT2D eigenvalue weighted by atomic mass is 15.3. The molecule has 1 heterocycles. The molecule has 1 N–H and O–H groups in total. The van der Waals surface area contributed by atoms with Crippen molar-refractivity contribution in [2.75, 3.05) is 7.05 Å². The number of rotatable bonds is 5. The summed E-state index contributed by atoms with van der Waals surface area (Å²) in [5.41, 5.74) is 8.07. The van der Waals surface area contributed by atoms with E-state index in [0.29, 0.717) is 6.04 Å². The molecule has 0 amide bonds. The number of benzene rings is 1. The van der Waals surface area contributed by atoms with E-state index in [0.717, 1.165) is 12.8 Å². The summed E-state index contributed by atoms with van der Waals surface area (Å²) in [6, 6.07) is 4.87. The highest BCUT2D eigenvalue weighted by molar-refractivity contribution is 5.39. The van der Waals surface area contributed by atoms with E-state index in [4.69, 9.17) is 0 Å². The van der Waals surface area contributed by atoms with Crippen LogP contribution in [0.15, 0.2) is 18.3 Å². The first-order chi connectivity index (χ1) is 9.96. The lowest BCUT2D eigenvalue weighted by Crippen LogP contribution is -2.20. The number of hydrogen-bond donors (Lipinski definition) is 1. The highest BCUT2D eigenvalue weighted by Gasteiger charge is 2.18. The van der Waals surface area contributed by atoms with Crippen LogP contribution in [0.4, 0.5) is 0 Å². The van der Waals surface area contributed by atoms with Crippen molar-refractivity contribution < 1.29 is 0 Å². The molecule has 0 aliphatic carbocycles. The van der Waals surface area contributed by atoms with E-state index in [-0.39, 0.29) is 0 Å². The van der Waals surface area contributed by atoms with Crippen LogP contribution < -0.4 is 5.32 Å². The number of aromatic nitrogens is 2. The Labute approximate surface area is 128 Å². The Kier molecular flexibility index (Phi) is 4.84. The van der Waals surface area contributed by atoms with Crippen molar-refractivity contribution in [2.24, 2.45) is 7.05 Å². The summed E-state index contributed by atoms with van der Waals surface area (Å²) in [7, 11) is 4.04. The zero-order valence-electron chi connectivity index (χ0n) is 14.1. The minimum atomic E-state index is 0.314. The molecule has 0 aliphatic heterocycles. The average molecular weight is 285 g/mol. The molecule has 21 heavy (non-hydrogen) atoms. The summed E-state index contributed by atoms with van der Waals surface area (Å²) in [4.78, 5) is 0. The molecule has 1 aromatic carbocycles. The summed E-state index contributed by atoms with van der Waals surface area (Å²) < 4.78 is 1.92. The molecule has 114 valence electrons. The van der Waals surface area contributed by atoms with Gasteiger partial charge in [0, 0.05) is 24.8 Å². The smallest absolute Gasteiger partial charge is 0.0669 e. The van der Waals surface area contributed by atoms with Crippen LogP contribution in [-0.4, -0.2) is 16.8 Å². The fraction of sp³-hybridized carbons (Fsp3) is 0.500. The van der Waals surface area contributed by atoms with E-state index in [1.54, 1.807) is 0 Å². The largest absolute Gasteiger partial charge is 0.313 e. The lowest BCUT2D eigenvalue weighted by molar-refractivity contribution is 0.583. The zero-order chi connectivity index (χ0) is 15.6. The summed E-state index contributed by atoms with van der Waals surface area (Å²) in [5.74, 6) is 0. The van der Waals surface area contributed by atoms with Gasteiger partial charge in [-0.15, -0.1) is 0 Å². The predicted octanol–water partition coefficient (Wildman–Crippen LogP) is 3.41. The van der Waals surface area contributed by atoms with Gasteiger partial charge in [-0.05, 0) is 57.4 Å². The van der Waals surface area contributed by atoms with Crippen LogP contribution in [0, 0.1) is 20.8 Å². The zero-order valence-corrected chi connectivity index (χ0v) is 14.1. The maximum atomic E-state index is 4.58. The summed E-state index contributed by atoms with van der Waals surface area (Å²) in [6.07, 6.45) is 4.13. The third-order valence-corrected chi connectivity index (χ3v) is 4.24. The minimum absolute atomic E-state index is 0.314. The van der Waals surface area contributed by atoms with E-state index in [1.807, 2.05) is 18.8 Å². The Morgan fingerprint density at radius 2 is 1.81 bits per heavy atom. The summed E-state index contributed by atoms with van der Waals surface area (Å²) >= 11 is 0. The third kappa shape index (κ3) is 3.35. The van der Waals surface area contributed by atoms with Crippen molar-refractivity contribution >= 4 is 0 Å². The van der Waals surface area contributed by atoms with Gasteiger partial charge in [0.25, 0.3) is 0 Å². The van der Waals surface area contributed by atoms with Gasteiger partial charge in [-0.3, -0.25) is 4.68 Å². The molecular formula is C18H27N3. The lowest BCUT2D eigenvalue weighted by atomic mass is 9.91. The molecule has 1 aromatic heterocycles. The fourth-order valence-corrected chi connectivity index (χ4v) is 3.22. The van der Waals surface area contributed by atoms with Gasteiger partial charge in [-0.1, -0.05) is 24.6 Å². The first-order valence-electron chi connectivity index (χ1n) is 7.72. The minimum Gasteiger partial charge on any atom is -0.313 e. The van der Waals surface area contributed by atoms with E-state index in [9.17, 15) is 0 Å². The second-order valence-electron chi connectivity index (χ2n) is 5.98. The van der Waals surface area contributed by atoms with E-state index in [2.05, 4.69) is 56.4 Å². The third-order valence-electron chi connectivity index (χ3n) is 4.24. The molecule has 3 nitrogen and oxygen atoms in total. The van der Waals surface area contributed by atoms with Gasteiger partial charge >= 0.3 is 0 Å².